The normalized spacial score (nSPS) is 11.7. The molecule has 2 N–H and O–H groups in total. The number of aromatic nitrogens is 2. The first-order chi connectivity index (χ1) is 9.60. The minimum Gasteiger partial charge on any atom is -0.384 e. The van der Waals surface area contributed by atoms with Gasteiger partial charge in [-0.2, -0.15) is 5.26 Å². The van der Waals surface area contributed by atoms with Gasteiger partial charge in [0, 0.05) is 25.2 Å². The van der Waals surface area contributed by atoms with Crippen LogP contribution in [0.4, 0.5) is 11.6 Å². The van der Waals surface area contributed by atoms with Gasteiger partial charge in [0.15, 0.2) is 5.82 Å². The van der Waals surface area contributed by atoms with E-state index < -0.39 is 0 Å². The number of hydrogen-bond acceptors (Lipinski definition) is 5. The third kappa shape index (κ3) is 3.23. The molecule has 0 fully saturated rings. The second-order valence-electron chi connectivity index (χ2n) is 4.75. The van der Waals surface area contributed by atoms with Gasteiger partial charge in [-0.05, 0) is 6.92 Å². The number of nitrogens with zero attached hydrogens (tertiary/aromatic N) is 4. The summed E-state index contributed by atoms with van der Waals surface area (Å²) in [7, 11) is 1.89. The van der Waals surface area contributed by atoms with E-state index in [2.05, 4.69) is 16.0 Å². The van der Waals surface area contributed by atoms with Crippen LogP contribution in [0.5, 0.6) is 0 Å². The summed E-state index contributed by atoms with van der Waals surface area (Å²) in [6.45, 7) is 2.47. The number of nitrogen functional groups attached to an aromatic ring is 1. The van der Waals surface area contributed by atoms with E-state index in [1.165, 1.54) is 0 Å². The number of hydrogen-bond donors (Lipinski definition) is 1. The van der Waals surface area contributed by atoms with Crippen molar-refractivity contribution in [3.8, 4) is 17.5 Å². The molecule has 20 heavy (non-hydrogen) atoms. The summed E-state index contributed by atoms with van der Waals surface area (Å²) in [6.07, 6.45) is 0. The van der Waals surface area contributed by atoms with E-state index in [9.17, 15) is 0 Å². The van der Waals surface area contributed by atoms with E-state index >= 15 is 0 Å². The fraction of sp³-hybridized carbons (Fsp3) is 0.267. The van der Waals surface area contributed by atoms with E-state index in [0.717, 1.165) is 11.4 Å². The second kappa shape index (κ2) is 6.02. The maximum Gasteiger partial charge on any atom is 0.163 e. The Morgan fingerprint density at radius 2 is 2.00 bits per heavy atom. The summed E-state index contributed by atoms with van der Waals surface area (Å²) < 4.78 is 0. The van der Waals surface area contributed by atoms with Crippen LogP contribution in [-0.2, 0) is 0 Å². The van der Waals surface area contributed by atoms with Crippen molar-refractivity contribution >= 4 is 11.6 Å². The SMILES string of the molecule is CC(C#N)CN(C)c1cc(N)nc(-c2ccccc2)n1. The first-order valence-corrected chi connectivity index (χ1v) is 6.41. The zero-order chi connectivity index (χ0) is 14.5. The maximum atomic E-state index is 8.88. The van der Waals surface area contributed by atoms with E-state index in [0.29, 0.717) is 18.2 Å². The molecule has 2 rings (SSSR count). The Morgan fingerprint density at radius 1 is 1.30 bits per heavy atom. The van der Waals surface area contributed by atoms with Gasteiger partial charge in [-0.1, -0.05) is 30.3 Å². The number of rotatable bonds is 4. The number of benzene rings is 1. The summed E-state index contributed by atoms with van der Waals surface area (Å²) in [6, 6.07) is 13.6. The van der Waals surface area contributed by atoms with Crippen molar-refractivity contribution in [1.29, 1.82) is 5.26 Å². The smallest absolute Gasteiger partial charge is 0.163 e. The lowest BCUT2D eigenvalue weighted by Gasteiger charge is -2.20. The molecule has 1 atom stereocenters. The minimum atomic E-state index is -0.0728. The maximum absolute atomic E-state index is 8.88. The average Bonchev–Trinajstić information content (AvgIpc) is 2.47. The van der Waals surface area contributed by atoms with Crippen LogP contribution < -0.4 is 10.6 Å². The zero-order valence-electron chi connectivity index (χ0n) is 11.6. The lowest BCUT2D eigenvalue weighted by Crippen LogP contribution is -2.24. The monoisotopic (exact) mass is 267 g/mol. The van der Waals surface area contributed by atoms with E-state index in [4.69, 9.17) is 11.0 Å². The third-order valence-corrected chi connectivity index (χ3v) is 2.92. The van der Waals surface area contributed by atoms with E-state index in [1.807, 2.05) is 49.2 Å². The van der Waals surface area contributed by atoms with Gasteiger partial charge >= 0.3 is 0 Å². The summed E-state index contributed by atoms with van der Waals surface area (Å²) >= 11 is 0. The average molecular weight is 267 g/mol. The quantitative estimate of drug-likeness (QED) is 0.919. The van der Waals surface area contributed by atoms with Crippen molar-refractivity contribution in [2.75, 3.05) is 24.2 Å². The summed E-state index contributed by atoms with van der Waals surface area (Å²) in [5, 5.41) is 8.88. The molecular weight excluding hydrogens is 250 g/mol. The Bertz CT molecular complexity index is 618. The molecule has 0 radical (unpaired) electrons. The Hall–Kier alpha value is -2.61. The molecule has 0 spiro atoms. The number of nitriles is 1. The van der Waals surface area contributed by atoms with Crippen molar-refractivity contribution in [3.05, 3.63) is 36.4 Å². The van der Waals surface area contributed by atoms with Crippen molar-refractivity contribution in [3.63, 3.8) is 0 Å². The van der Waals surface area contributed by atoms with Crippen LogP contribution in [0.3, 0.4) is 0 Å². The lowest BCUT2D eigenvalue weighted by molar-refractivity contribution is 0.710. The van der Waals surface area contributed by atoms with E-state index in [1.54, 1.807) is 6.07 Å². The fourth-order valence-corrected chi connectivity index (χ4v) is 1.91. The molecule has 1 unspecified atom stereocenters. The molecule has 1 heterocycles. The van der Waals surface area contributed by atoms with Crippen LogP contribution in [0.15, 0.2) is 36.4 Å². The van der Waals surface area contributed by atoms with Gasteiger partial charge in [0.2, 0.25) is 0 Å². The molecule has 0 saturated carbocycles. The highest BCUT2D eigenvalue weighted by molar-refractivity contribution is 5.60. The molecular formula is C15H17N5. The molecule has 0 aliphatic heterocycles. The standard InChI is InChI=1S/C15H17N5/c1-11(9-16)10-20(2)14-8-13(17)18-15(19-14)12-6-4-3-5-7-12/h3-8,11H,10H2,1-2H3,(H2,17,18,19). The highest BCUT2D eigenvalue weighted by Gasteiger charge is 2.11. The van der Waals surface area contributed by atoms with Crippen molar-refractivity contribution in [2.24, 2.45) is 5.92 Å². The van der Waals surface area contributed by atoms with E-state index in [-0.39, 0.29) is 5.92 Å². The van der Waals surface area contributed by atoms with Crippen molar-refractivity contribution < 1.29 is 0 Å². The van der Waals surface area contributed by atoms with Crippen LogP contribution in [0, 0.1) is 17.2 Å². The second-order valence-corrected chi connectivity index (χ2v) is 4.75. The Labute approximate surface area is 118 Å². The molecule has 0 aliphatic carbocycles. The van der Waals surface area contributed by atoms with Crippen LogP contribution in [0.25, 0.3) is 11.4 Å². The van der Waals surface area contributed by atoms with Crippen LogP contribution in [0.1, 0.15) is 6.92 Å². The topological polar surface area (TPSA) is 78.8 Å². The highest BCUT2D eigenvalue weighted by atomic mass is 15.2. The van der Waals surface area contributed by atoms with Gasteiger partial charge in [0.1, 0.15) is 11.6 Å². The zero-order valence-corrected chi connectivity index (χ0v) is 11.6. The predicted octanol–water partition coefficient (Wildman–Crippen LogP) is 2.32. The minimum absolute atomic E-state index is 0.0728. The largest absolute Gasteiger partial charge is 0.384 e. The fourth-order valence-electron chi connectivity index (χ4n) is 1.91. The summed E-state index contributed by atoms with van der Waals surface area (Å²) in [5.41, 5.74) is 6.77. The molecule has 0 bridgehead atoms. The van der Waals surface area contributed by atoms with Gasteiger partial charge < -0.3 is 10.6 Å². The van der Waals surface area contributed by atoms with Gasteiger partial charge in [-0.25, -0.2) is 9.97 Å². The molecule has 102 valence electrons. The predicted molar refractivity (Wildman–Crippen MR) is 79.9 cm³/mol. The Balaban J connectivity index is 2.32. The molecule has 0 aliphatic rings. The van der Waals surface area contributed by atoms with Crippen molar-refractivity contribution in [1.82, 2.24) is 9.97 Å². The van der Waals surface area contributed by atoms with Crippen LogP contribution in [-0.4, -0.2) is 23.6 Å². The highest BCUT2D eigenvalue weighted by Crippen LogP contribution is 2.20. The third-order valence-electron chi connectivity index (χ3n) is 2.92. The Morgan fingerprint density at radius 3 is 2.65 bits per heavy atom. The molecule has 0 saturated heterocycles. The first kappa shape index (κ1) is 13.8. The molecule has 2 aromatic rings. The molecule has 0 amide bonds. The first-order valence-electron chi connectivity index (χ1n) is 6.41. The van der Waals surface area contributed by atoms with Crippen LogP contribution in [0.2, 0.25) is 0 Å². The van der Waals surface area contributed by atoms with Gasteiger partial charge in [0.25, 0.3) is 0 Å². The van der Waals surface area contributed by atoms with Gasteiger partial charge in [0.05, 0.1) is 12.0 Å². The molecule has 5 nitrogen and oxygen atoms in total. The molecule has 1 aromatic carbocycles. The van der Waals surface area contributed by atoms with Gasteiger partial charge in [-0.3, -0.25) is 0 Å². The molecule has 5 heteroatoms. The molecule has 1 aromatic heterocycles. The number of nitrogens with two attached hydrogens (primary N) is 1. The number of anilines is 2. The Kier molecular flexibility index (Phi) is 4.16. The van der Waals surface area contributed by atoms with Gasteiger partial charge in [-0.15, -0.1) is 0 Å². The summed E-state index contributed by atoms with van der Waals surface area (Å²) in [5.74, 6) is 1.66. The summed E-state index contributed by atoms with van der Waals surface area (Å²) in [4.78, 5) is 10.7. The van der Waals surface area contributed by atoms with Crippen LogP contribution >= 0.6 is 0 Å². The lowest BCUT2D eigenvalue weighted by atomic mass is 10.2. The van der Waals surface area contributed by atoms with Crippen molar-refractivity contribution in [2.45, 2.75) is 6.92 Å².